The van der Waals surface area contributed by atoms with Crippen molar-refractivity contribution in [1.29, 1.82) is 0 Å². The summed E-state index contributed by atoms with van der Waals surface area (Å²) in [6.07, 6.45) is 20.1. The number of nitrogens with zero attached hydrogens (tertiary/aromatic N) is 1. The molecular weight excluding hydrogens is 386 g/mol. The average molecular weight is 430 g/mol. The third kappa shape index (κ3) is 8.12. The Labute approximate surface area is 189 Å². The van der Waals surface area contributed by atoms with E-state index in [9.17, 15) is 4.79 Å². The fourth-order valence-corrected chi connectivity index (χ4v) is 5.51. The highest BCUT2D eigenvalue weighted by molar-refractivity contribution is 5.75. The number of pyridine rings is 1. The molecule has 2 fully saturated rings. The van der Waals surface area contributed by atoms with E-state index in [2.05, 4.69) is 11.9 Å². The van der Waals surface area contributed by atoms with E-state index >= 15 is 0 Å². The molecule has 4 nitrogen and oxygen atoms in total. The van der Waals surface area contributed by atoms with Gasteiger partial charge < -0.3 is 9.47 Å². The Morgan fingerprint density at radius 3 is 2.03 bits per heavy atom. The van der Waals surface area contributed by atoms with Gasteiger partial charge in [-0.1, -0.05) is 71.1 Å². The molecule has 0 amide bonds. The number of rotatable bonds is 11. The third-order valence-corrected chi connectivity index (χ3v) is 7.57. The Morgan fingerprint density at radius 1 is 0.871 bits per heavy atom. The van der Waals surface area contributed by atoms with E-state index in [4.69, 9.17) is 9.47 Å². The number of unbranched alkanes of at least 4 members (excludes halogenated alkanes) is 2. The molecule has 0 spiro atoms. The molecule has 2 saturated carbocycles. The highest BCUT2D eigenvalue weighted by atomic mass is 16.5. The van der Waals surface area contributed by atoms with Crippen molar-refractivity contribution in [3.63, 3.8) is 0 Å². The Balaban J connectivity index is 1.29. The van der Waals surface area contributed by atoms with Gasteiger partial charge in [0.2, 0.25) is 5.88 Å². The molecule has 174 valence electrons. The van der Waals surface area contributed by atoms with Crippen LogP contribution in [0.4, 0.5) is 0 Å². The van der Waals surface area contributed by atoms with Gasteiger partial charge in [-0.15, -0.1) is 0 Å². The lowest BCUT2D eigenvalue weighted by molar-refractivity contribution is -0.140. The fraction of sp³-hybridized carbons (Fsp3) is 0.778. The SMILES string of the molecule is CCCCCC1CCC(CCC2CCC(C(=O)Oc3ccc(OCC)nc3)CC2)CC1. The predicted molar refractivity (Wildman–Crippen MR) is 125 cm³/mol. The minimum atomic E-state index is -0.0918. The number of hydrogen-bond acceptors (Lipinski definition) is 4. The normalized spacial score (nSPS) is 26.4. The van der Waals surface area contributed by atoms with Gasteiger partial charge in [0, 0.05) is 6.07 Å². The second-order valence-electron chi connectivity index (χ2n) is 9.86. The molecular formula is C27H43NO3. The topological polar surface area (TPSA) is 48.4 Å². The maximum atomic E-state index is 12.5. The van der Waals surface area contributed by atoms with Gasteiger partial charge in [0.15, 0.2) is 0 Å². The number of carbonyl (C=O) groups is 1. The molecule has 0 aromatic carbocycles. The molecule has 1 aromatic heterocycles. The molecule has 1 heterocycles. The highest BCUT2D eigenvalue weighted by Crippen LogP contribution is 2.38. The van der Waals surface area contributed by atoms with Crippen molar-refractivity contribution >= 4 is 5.97 Å². The van der Waals surface area contributed by atoms with Gasteiger partial charge >= 0.3 is 5.97 Å². The fourth-order valence-electron chi connectivity index (χ4n) is 5.51. The smallest absolute Gasteiger partial charge is 0.314 e. The van der Waals surface area contributed by atoms with E-state index in [1.165, 1.54) is 77.0 Å². The first-order valence-corrected chi connectivity index (χ1v) is 13.0. The van der Waals surface area contributed by atoms with Crippen molar-refractivity contribution in [2.75, 3.05) is 6.61 Å². The molecule has 0 aliphatic heterocycles. The first kappa shape index (κ1) is 24.1. The number of carbonyl (C=O) groups excluding carboxylic acids is 1. The quantitative estimate of drug-likeness (QED) is 0.272. The van der Waals surface area contributed by atoms with E-state index in [0.717, 1.165) is 30.6 Å². The minimum absolute atomic E-state index is 0.0429. The van der Waals surface area contributed by atoms with Crippen molar-refractivity contribution in [1.82, 2.24) is 4.98 Å². The van der Waals surface area contributed by atoms with Crippen molar-refractivity contribution < 1.29 is 14.3 Å². The number of ether oxygens (including phenoxy) is 2. The summed E-state index contributed by atoms with van der Waals surface area (Å²) in [6.45, 7) is 4.80. The molecule has 0 atom stereocenters. The molecule has 0 N–H and O–H groups in total. The van der Waals surface area contributed by atoms with Crippen molar-refractivity contribution in [3.8, 4) is 11.6 Å². The first-order valence-electron chi connectivity index (χ1n) is 13.0. The van der Waals surface area contributed by atoms with Crippen molar-refractivity contribution in [2.24, 2.45) is 23.7 Å². The van der Waals surface area contributed by atoms with Crippen LogP contribution in [0.5, 0.6) is 11.6 Å². The number of esters is 1. The number of hydrogen-bond donors (Lipinski definition) is 0. The van der Waals surface area contributed by atoms with E-state index in [-0.39, 0.29) is 11.9 Å². The molecule has 0 unspecified atom stereocenters. The van der Waals surface area contributed by atoms with Crippen LogP contribution in [0, 0.1) is 23.7 Å². The van der Waals surface area contributed by atoms with Crippen LogP contribution < -0.4 is 9.47 Å². The standard InChI is InChI=1S/C27H43NO3/c1-3-5-6-7-21-8-10-22(11-9-21)12-13-23-14-16-24(17-15-23)27(29)31-25-18-19-26(28-20-25)30-4-2/h18-24H,3-17H2,1-2H3. The zero-order chi connectivity index (χ0) is 21.9. The van der Waals surface area contributed by atoms with E-state index in [1.54, 1.807) is 18.3 Å². The minimum Gasteiger partial charge on any atom is -0.478 e. The second-order valence-corrected chi connectivity index (χ2v) is 9.86. The Kier molecular flexibility index (Phi) is 10.2. The molecule has 3 rings (SSSR count). The predicted octanol–water partition coefficient (Wildman–Crippen LogP) is 7.36. The van der Waals surface area contributed by atoms with E-state index < -0.39 is 0 Å². The lowest BCUT2D eigenvalue weighted by Gasteiger charge is -2.31. The van der Waals surface area contributed by atoms with Gasteiger partial charge in [0.05, 0.1) is 18.7 Å². The molecule has 0 bridgehead atoms. The van der Waals surface area contributed by atoms with Crippen molar-refractivity contribution in [2.45, 2.75) is 104 Å². The van der Waals surface area contributed by atoms with Crippen LogP contribution in [0.15, 0.2) is 18.3 Å². The largest absolute Gasteiger partial charge is 0.478 e. The van der Waals surface area contributed by atoms with Crippen LogP contribution in [0.1, 0.15) is 104 Å². The maximum absolute atomic E-state index is 12.5. The van der Waals surface area contributed by atoms with Gasteiger partial charge in [0.1, 0.15) is 5.75 Å². The summed E-state index contributed by atoms with van der Waals surface area (Å²) in [5, 5.41) is 0. The van der Waals surface area contributed by atoms with E-state index in [0.29, 0.717) is 18.2 Å². The summed E-state index contributed by atoms with van der Waals surface area (Å²) >= 11 is 0. The van der Waals surface area contributed by atoms with Crippen LogP contribution in [0.25, 0.3) is 0 Å². The lowest BCUT2D eigenvalue weighted by Crippen LogP contribution is -2.26. The van der Waals surface area contributed by atoms with Crippen LogP contribution in [-0.4, -0.2) is 17.6 Å². The second kappa shape index (κ2) is 13.1. The molecule has 0 saturated heterocycles. The third-order valence-electron chi connectivity index (χ3n) is 7.57. The highest BCUT2D eigenvalue weighted by Gasteiger charge is 2.29. The van der Waals surface area contributed by atoms with Gasteiger partial charge in [-0.3, -0.25) is 4.79 Å². The summed E-state index contributed by atoms with van der Waals surface area (Å²) in [6, 6.07) is 3.52. The van der Waals surface area contributed by atoms with E-state index in [1.807, 2.05) is 6.92 Å². The van der Waals surface area contributed by atoms with Gasteiger partial charge in [0.25, 0.3) is 0 Å². The Hall–Kier alpha value is -1.58. The molecule has 1 aromatic rings. The average Bonchev–Trinajstić information content (AvgIpc) is 2.80. The Bertz CT molecular complexity index is 628. The van der Waals surface area contributed by atoms with Crippen molar-refractivity contribution in [3.05, 3.63) is 18.3 Å². The summed E-state index contributed by atoms with van der Waals surface area (Å²) in [4.78, 5) is 16.7. The summed E-state index contributed by atoms with van der Waals surface area (Å²) < 4.78 is 10.9. The molecule has 0 radical (unpaired) electrons. The van der Waals surface area contributed by atoms with Crippen LogP contribution in [0.3, 0.4) is 0 Å². The monoisotopic (exact) mass is 429 g/mol. The molecule has 31 heavy (non-hydrogen) atoms. The summed E-state index contributed by atoms with van der Waals surface area (Å²) in [5.41, 5.74) is 0. The van der Waals surface area contributed by atoms with Gasteiger partial charge in [-0.25, -0.2) is 4.98 Å². The summed E-state index contributed by atoms with van der Waals surface area (Å²) in [5.74, 6) is 3.80. The van der Waals surface area contributed by atoms with Gasteiger partial charge in [-0.05, 0) is 56.4 Å². The zero-order valence-corrected chi connectivity index (χ0v) is 19.8. The zero-order valence-electron chi connectivity index (χ0n) is 19.8. The van der Waals surface area contributed by atoms with Crippen LogP contribution in [0.2, 0.25) is 0 Å². The van der Waals surface area contributed by atoms with Gasteiger partial charge in [-0.2, -0.15) is 0 Å². The molecule has 4 heteroatoms. The summed E-state index contributed by atoms with van der Waals surface area (Å²) in [7, 11) is 0. The molecule has 2 aliphatic carbocycles. The van der Waals surface area contributed by atoms with Crippen LogP contribution >= 0.6 is 0 Å². The lowest BCUT2D eigenvalue weighted by atomic mass is 9.75. The molecule has 2 aliphatic rings. The maximum Gasteiger partial charge on any atom is 0.314 e. The van der Waals surface area contributed by atoms with Crippen LogP contribution in [-0.2, 0) is 4.79 Å². The first-order chi connectivity index (χ1) is 15.2. The Morgan fingerprint density at radius 2 is 1.48 bits per heavy atom. The number of aromatic nitrogens is 1.